The summed E-state index contributed by atoms with van der Waals surface area (Å²) in [6.45, 7) is 8.97. The SMILES string of the molecule is CC(N)CC(=O)N(C)CC(C)(C)C. The Morgan fingerprint density at radius 3 is 2.23 bits per heavy atom. The zero-order valence-corrected chi connectivity index (χ0v) is 9.42. The summed E-state index contributed by atoms with van der Waals surface area (Å²) in [6, 6.07) is -0.0464. The molecule has 3 heteroatoms. The number of nitrogens with two attached hydrogens (primary N) is 1. The summed E-state index contributed by atoms with van der Waals surface area (Å²) in [7, 11) is 1.83. The van der Waals surface area contributed by atoms with E-state index in [0.717, 1.165) is 6.54 Å². The molecule has 1 unspecified atom stereocenters. The van der Waals surface area contributed by atoms with Crippen molar-refractivity contribution in [2.24, 2.45) is 11.1 Å². The molecule has 0 fully saturated rings. The van der Waals surface area contributed by atoms with E-state index in [4.69, 9.17) is 5.73 Å². The van der Waals surface area contributed by atoms with Crippen LogP contribution >= 0.6 is 0 Å². The maximum absolute atomic E-state index is 11.5. The average molecular weight is 186 g/mol. The monoisotopic (exact) mass is 186 g/mol. The molecule has 0 saturated carbocycles. The van der Waals surface area contributed by atoms with E-state index in [0.29, 0.717) is 6.42 Å². The third kappa shape index (κ3) is 6.58. The molecule has 0 aromatic rings. The molecular weight excluding hydrogens is 164 g/mol. The van der Waals surface area contributed by atoms with Gasteiger partial charge in [-0.15, -0.1) is 0 Å². The van der Waals surface area contributed by atoms with Gasteiger partial charge in [0.05, 0.1) is 0 Å². The highest BCUT2D eigenvalue weighted by molar-refractivity contribution is 5.76. The number of nitrogens with zero attached hydrogens (tertiary/aromatic N) is 1. The molecule has 0 radical (unpaired) electrons. The lowest BCUT2D eigenvalue weighted by Gasteiger charge is -2.27. The van der Waals surface area contributed by atoms with Crippen molar-refractivity contribution in [3.63, 3.8) is 0 Å². The summed E-state index contributed by atoms with van der Waals surface area (Å²) >= 11 is 0. The third-order valence-corrected chi connectivity index (χ3v) is 1.63. The smallest absolute Gasteiger partial charge is 0.223 e. The molecule has 2 N–H and O–H groups in total. The van der Waals surface area contributed by atoms with Crippen LogP contribution in [0.25, 0.3) is 0 Å². The highest BCUT2D eigenvalue weighted by atomic mass is 16.2. The number of carbonyl (C=O) groups excluding carboxylic acids is 1. The first-order valence-electron chi connectivity index (χ1n) is 4.72. The second-order valence-electron chi connectivity index (χ2n) is 4.99. The van der Waals surface area contributed by atoms with Gasteiger partial charge in [0, 0.05) is 26.1 Å². The van der Waals surface area contributed by atoms with Crippen LogP contribution in [0.1, 0.15) is 34.1 Å². The summed E-state index contributed by atoms with van der Waals surface area (Å²) in [6.07, 6.45) is 0.437. The van der Waals surface area contributed by atoms with Gasteiger partial charge >= 0.3 is 0 Å². The molecule has 0 rings (SSSR count). The van der Waals surface area contributed by atoms with E-state index in [1.54, 1.807) is 4.90 Å². The van der Waals surface area contributed by atoms with Gasteiger partial charge in [-0.1, -0.05) is 20.8 Å². The number of hydrogen-bond donors (Lipinski definition) is 1. The Morgan fingerprint density at radius 2 is 1.92 bits per heavy atom. The Labute approximate surface area is 81.3 Å². The molecule has 0 saturated heterocycles. The van der Waals surface area contributed by atoms with Crippen LogP contribution in [0.5, 0.6) is 0 Å². The van der Waals surface area contributed by atoms with Gasteiger partial charge in [-0.2, -0.15) is 0 Å². The van der Waals surface area contributed by atoms with Crippen LogP contribution < -0.4 is 5.73 Å². The highest BCUT2D eigenvalue weighted by Gasteiger charge is 2.17. The summed E-state index contributed by atoms with van der Waals surface area (Å²) in [5, 5.41) is 0. The minimum Gasteiger partial charge on any atom is -0.345 e. The molecule has 0 aliphatic heterocycles. The number of rotatable bonds is 3. The first-order chi connectivity index (χ1) is 5.72. The molecule has 3 nitrogen and oxygen atoms in total. The third-order valence-electron chi connectivity index (χ3n) is 1.63. The summed E-state index contributed by atoms with van der Waals surface area (Å²) in [4.78, 5) is 13.2. The second kappa shape index (κ2) is 4.61. The first-order valence-corrected chi connectivity index (χ1v) is 4.72. The van der Waals surface area contributed by atoms with Crippen molar-refractivity contribution >= 4 is 5.91 Å². The molecule has 0 aliphatic carbocycles. The first kappa shape index (κ1) is 12.4. The van der Waals surface area contributed by atoms with Crippen molar-refractivity contribution in [1.29, 1.82) is 0 Å². The fourth-order valence-electron chi connectivity index (χ4n) is 1.23. The molecule has 0 aromatic carbocycles. The normalized spacial score (nSPS) is 14.0. The van der Waals surface area contributed by atoms with E-state index in [1.807, 2.05) is 14.0 Å². The maximum atomic E-state index is 11.5. The summed E-state index contributed by atoms with van der Waals surface area (Å²) in [5.41, 5.74) is 5.70. The topological polar surface area (TPSA) is 46.3 Å². The lowest BCUT2D eigenvalue weighted by molar-refractivity contribution is -0.131. The number of hydrogen-bond acceptors (Lipinski definition) is 2. The largest absolute Gasteiger partial charge is 0.345 e. The Hall–Kier alpha value is -0.570. The van der Waals surface area contributed by atoms with Gasteiger partial charge in [0.2, 0.25) is 5.91 Å². The maximum Gasteiger partial charge on any atom is 0.223 e. The zero-order chi connectivity index (χ0) is 10.6. The molecule has 0 heterocycles. The number of carbonyl (C=O) groups is 1. The molecule has 0 aliphatic rings. The van der Waals surface area contributed by atoms with E-state index in [-0.39, 0.29) is 17.4 Å². The lowest BCUT2D eigenvalue weighted by Crippen LogP contribution is -2.37. The van der Waals surface area contributed by atoms with E-state index in [1.165, 1.54) is 0 Å². The highest BCUT2D eigenvalue weighted by Crippen LogP contribution is 2.14. The molecule has 13 heavy (non-hydrogen) atoms. The van der Waals surface area contributed by atoms with Gasteiger partial charge in [-0.3, -0.25) is 4.79 Å². The Bertz CT molecular complexity index is 170. The van der Waals surface area contributed by atoms with Gasteiger partial charge < -0.3 is 10.6 Å². The molecule has 0 aromatic heterocycles. The van der Waals surface area contributed by atoms with Crippen molar-refractivity contribution in [1.82, 2.24) is 4.90 Å². The Kier molecular flexibility index (Phi) is 4.40. The summed E-state index contributed by atoms with van der Waals surface area (Å²) < 4.78 is 0. The minimum absolute atomic E-state index is 0.0464. The van der Waals surface area contributed by atoms with Crippen molar-refractivity contribution < 1.29 is 4.79 Å². The minimum atomic E-state index is -0.0464. The van der Waals surface area contributed by atoms with Gasteiger partial charge in [0.1, 0.15) is 0 Å². The van der Waals surface area contributed by atoms with E-state index >= 15 is 0 Å². The van der Waals surface area contributed by atoms with Crippen LogP contribution in [0.3, 0.4) is 0 Å². The van der Waals surface area contributed by atoms with Crippen molar-refractivity contribution in [2.75, 3.05) is 13.6 Å². The van der Waals surface area contributed by atoms with E-state index < -0.39 is 0 Å². The lowest BCUT2D eigenvalue weighted by atomic mass is 9.96. The molecule has 0 spiro atoms. The molecule has 0 bridgehead atoms. The van der Waals surface area contributed by atoms with Gasteiger partial charge in [0.15, 0.2) is 0 Å². The molecule has 1 amide bonds. The van der Waals surface area contributed by atoms with Crippen LogP contribution in [0, 0.1) is 5.41 Å². The molecule has 1 atom stereocenters. The fraction of sp³-hybridized carbons (Fsp3) is 0.900. The van der Waals surface area contributed by atoms with Crippen LogP contribution in [0.2, 0.25) is 0 Å². The molecular formula is C10H22N2O. The summed E-state index contributed by atoms with van der Waals surface area (Å²) in [5.74, 6) is 0.130. The fourth-order valence-corrected chi connectivity index (χ4v) is 1.23. The predicted molar refractivity (Wildman–Crippen MR) is 55.4 cm³/mol. The van der Waals surface area contributed by atoms with Gasteiger partial charge in [-0.05, 0) is 12.3 Å². The average Bonchev–Trinajstić information content (AvgIpc) is 1.81. The standard InChI is InChI=1S/C10H22N2O/c1-8(11)6-9(13)12(5)7-10(2,3)4/h8H,6-7,11H2,1-5H3. The van der Waals surface area contributed by atoms with Crippen molar-refractivity contribution in [3.05, 3.63) is 0 Å². The quantitative estimate of drug-likeness (QED) is 0.720. The van der Waals surface area contributed by atoms with Crippen molar-refractivity contribution in [3.8, 4) is 0 Å². The van der Waals surface area contributed by atoms with Crippen LogP contribution in [-0.2, 0) is 4.79 Å². The van der Waals surface area contributed by atoms with Gasteiger partial charge in [-0.25, -0.2) is 0 Å². The van der Waals surface area contributed by atoms with E-state index in [9.17, 15) is 4.79 Å². The number of amides is 1. The Morgan fingerprint density at radius 1 is 1.46 bits per heavy atom. The van der Waals surface area contributed by atoms with Gasteiger partial charge in [0.25, 0.3) is 0 Å². The molecule has 78 valence electrons. The second-order valence-corrected chi connectivity index (χ2v) is 4.99. The predicted octanol–water partition coefficient (Wildman–Crippen LogP) is 1.23. The van der Waals surface area contributed by atoms with Crippen molar-refractivity contribution in [2.45, 2.75) is 40.2 Å². The Balaban J connectivity index is 3.97. The van der Waals surface area contributed by atoms with Crippen LogP contribution in [0.4, 0.5) is 0 Å². The van der Waals surface area contributed by atoms with Crippen LogP contribution in [0.15, 0.2) is 0 Å². The zero-order valence-electron chi connectivity index (χ0n) is 9.42. The van der Waals surface area contributed by atoms with Crippen LogP contribution in [-0.4, -0.2) is 30.4 Å². The van der Waals surface area contributed by atoms with E-state index in [2.05, 4.69) is 20.8 Å².